The van der Waals surface area contributed by atoms with Gasteiger partial charge in [-0.15, -0.1) is 0 Å². The Balaban J connectivity index is 2.51. The van der Waals surface area contributed by atoms with Crippen LogP contribution in [0, 0.1) is 5.92 Å². The van der Waals surface area contributed by atoms with Crippen molar-refractivity contribution in [2.75, 3.05) is 32.4 Å². The molecular weight excluding hydrogens is 288 g/mol. The molecule has 1 fully saturated rings. The highest BCUT2D eigenvalue weighted by Crippen LogP contribution is 2.19. The van der Waals surface area contributed by atoms with Crippen LogP contribution in [0.3, 0.4) is 0 Å². The first-order valence-electron chi connectivity index (χ1n) is 7.63. The van der Waals surface area contributed by atoms with Gasteiger partial charge >= 0.3 is 0 Å². The molecule has 0 saturated carbocycles. The maximum atomic E-state index is 11.5. The van der Waals surface area contributed by atoms with Gasteiger partial charge in [0.25, 0.3) is 0 Å². The lowest BCUT2D eigenvalue weighted by Gasteiger charge is -2.30. The van der Waals surface area contributed by atoms with Gasteiger partial charge in [0.2, 0.25) is 10.0 Å². The van der Waals surface area contributed by atoms with E-state index in [0.29, 0.717) is 19.0 Å². The standard InChI is InChI=1S/C14H30N4O2S/c1-6-15-13(17-14(2,3)4)16-11-12-7-9-18(10-8-12)21(5,19)20/h12H,6-11H2,1-5H3,(H2,15,16,17). The molecule has 21 heavy (non-hydrogen) atoms. The molecule has 1 rings (SSSR count). The van der Waals surface area contributed by atoms with Gasteiger partial charge < -0.3 is 10.6 Å². The van der Waals surface area contributed by atoms with Gasteiger partial charge in [-0.1, -0.05) is 0 Å². The molecule has 0 amide bonds. The summed E-state index contributed by atoms with van der Waals surface area (Å²) in [7, 11) is -3.04. The lowest BCUT2D eigenvalue weighted by molar-refractivity contribution is 0.280. The number of hydrogen-bond acceptors (Lipinski definition) is 3. The molecule has 0 bridgehead atoms. The lowest BCUT2D eigenvalue weighted by atomic mass is 9.98. The Morgan fingerprint density at radius 3 is 2.29 bits per heavy atom. The van der Waals surface area contributed by atoms with E-state index in [-0.39, 0.29) is 5.54 Å². The number of aliphatic imine (C=N–C) groups is 1. The smallest absolute Gasteiger partial charge is 0.211 e. The van der Waals surface area contributed by atoms with Crippen molar-refractivity contribution >= 4 is 16.0 Å². The zero-order chi connectivity index (χ0) is 16.1. The summed E-state index contributed by atoms with van der Waals surface area (Å²) in [5.41, 5.74) is -0.0271. The summed E-state index contributed by atoms with van der Waals surface area (Å²) < 4.78 is 24.5. The highest BCUT2D eigenvalue weighted by molar-refractivity contribution is 7.88. The minimum Gasteiger partial charge on any atom is -0.357 e. The van der Waals surface area contributed by atoms with E-state index < -0.39 is 10.0 Å². The van der Waals surface area contributed by atoms with E-state index in [1.165, 1.54) is 6.26 Å². The molecule has 0 aromatic carbocycles. The average molecular weight is 318 g/mol. The molecule has 0 aliphatic carbocycles. The van der Waals surface area contributed by atoms with E-state index in [9.17, 15) is 8.42 Å². The minimum absolute atomic E-state index is 0.0271. The maximum absolute atomic E-state index is 11.5. The largest absolute Gasteiger partial charge is 0.357 e. The van der Waals surface area contributed by atoms with E-state index >= 15 is 0 Å². The van der Waals surface area contributed by atoms with Crippen molar-refractivity contribution in [3.05, 3.63) is 0 Å². The Bertz CT molecular complexity index is 446. The van der Waals surface area contributed by atoms with Gasteiger partial charge in [0.1, 0.15) is 0 Å². The van der Waals surface area contributed by atoms with Crippen LogP contribution in [0.1, 0.15) is 40.5 Å². The molecule has 6 nitrogen and oxygen atoms in total. The van der Waals surface area contributed by atoms with Gasteiger partial charge in [0.15, 0.2) is 5.96 Å². The second-order valence-corrected chi connectivity index (χ2v) is 8.68. The van der Waals surface area contributed by atoms with Crippen LogP contribution < -0.4 is 10.6 Å². The Morgan fingerprint density at radius 1 is 1.29 bits per heavy atom. The van der Waals surface area contributed by atoms with Crippen LogP contribution in [0.15, 0.2) is 4.99 Å². The summed E-state index contributed by atoms with van der Waals surface area (Å²) >= 11 is 0. The van der Waals surface area contributed by atoms with E-state index in [1.54, 1.807) is 4.31 Å². The van der Waals surface area contributed by atoms with Crippen LogP contribution in [0.5, 0.6) is 0 Å². The molecule has 124 valence electrons. The SMILES string of the molecule is CCNC(=NCC1CCN(S(C)(=O)=O)CC1)NC(C)(C)C. The molecule has 0 aromatic rings. The molecule has 0 aromatic heterocycles. The second kappa shape index (κ2) is 7.45. The Hall–Kier alpha value is -0.820. The monoisotopic (exact) mass is 318 g/mol. The van der Waals surface area contributed by atoms with Crippen molar-refractivity contribution in [1.29, 1.82) is 0 Å². The average Bonchev–Trinajstić information content (AvgIpc) is 2.34. The number of hydrogen-bond donors (Lipinski definition) is 2. The summed E-state index contributed by atoms with van der Waals surface area (Å²) in [5.74, 6) is 1.29. The highest BCUT2D eigenvalue weighted by Gasteiger charge is 2.24. The van der Waals surface area contributed by atoms with Gasteiger partial charge in [-0.3, -0.25) is 4.99 Å². The number of guanidine groups is 1. The molecule has 1 aliphatic rings. The first kappa shape index (κ1) is 18.2. The van der Waals surface area contributed by atoms with Gasteiger partial charge in [0.05, 0.1) is 6.26 Å². The molecule has 0 atom stereocenters. The molecule has 0 unspecified atom stereocenters. The lowest BCUT2D eigenvalue weighted by Crippen LogP contribution is -2.48. The molecular formula is C14H30N4O2S. The summed E-state index contributed by atoms with van der Waals surface area (Å²) in [4.78, 5) is 4.64. The summed E-state index contributed by atoms with van der Waals surface area (Å²) in [6.07, 6.45) is 3.04. The fourth-order valence-electron chi connectivity index (χ4n) is 2.31. The van der Waals surface area contributed by atoms with Crippen LogP contribution in [0.2, 0.25) is 0 Å². The van der Waals surface area contributed by atoms with E-state index in [2.05, 4.69) is 36.4 Å². The first-order valence-corrected chi connectivity index (χ1v) is 9.48. The minimum atomic E-state index is -3.04. The number of piperidine rings is 1. The van der Waals surface area contributed by atoms with E-state index in [1.807, 2.05) is 6.92 Å². The Morgan fingerprint density at radius 2 is 1.86 bits per heavy atom. The predicted octanol–water partition coefficient (Wildman–Crippen LogP) is 1.01. The third-order valence-corrected chi connectivity index (χ3v) is 4.69. The van der Waals surface area contributed by atoms with Gasteiger partial charge in [0, 0.05) is 31.7 Å². The number of nitrogens with zero attached hydrogens (tertiary/aromatic N) is 2. The topological polar surface area (TPSA) is 73.8 Å². The van der Waals surface area contributed by atoms with Crippen molar-refractivity contribution in [1.82, 2.24) is 14.9 Å². The summed E-state index contributed by atoms with van der Waals surface area (Å²) in [6.45, 7) is 11.1. The fraction of sp³-hybridized carbons (Fsp3) is 0.929. The van der Waals surface area contributed by atoms with Crippen molar-refractivity contribution in [3.8, 4) is 0 Å². The van der Waals surface area contributed by atoms with E-state index in [4.69, 9.17) is 0 Å². The maximum Gasteiger partial charge on any atom is 0.211 e. The molecule has 0 radical (unpaired) electrons. The molecule has 1 aliphatic heterocycles. The third kappa shape index (κ3) is 7.13. The fourth-order valence-corrected chi connectivity index (χ4v) is 3.18. The van der Waals surface area contributed by atoms with Crippen molar-refractivity contribution in [2.24, 2.45) is 10.9 Å². The van der Waals surface area contributed by atoms with Crippen LogP contribution in [-0.2, 0) is 10.0 Å². The predicted molar refractivity (Wildman–Crippen MR) is 88.0 cm³/mol. The van der Waals surface area contributed by atoms with Crippen molar-refractivity contribution in [3.63, 3.8) is 0 Å². The number of sulfonamides is 1. The van der Waals surface area contributed by atoms with Crippen molar-refractivity contribution in [2.45, 2.75) is 46.1 Å². The highest BCUT2D eigenvalue weighted by atomic mass is 32.2. The van der Waals surface area contributed by atoms with Crippen LogP contribution in [0.4, 0.5) is 0 Å². The Kier molecular flexibility index (Phi) is 6.46. The zero-order valence-corrected chi connectivity index (χ0v) is 14.8. The van der Waals surface area contributed by atoms with Gasteiger partial charge in [-0.05, 0) is 46.5 Å². The van der Waals surface area contributed by atoms with Crippen molar-refractivity contribution < 1.29 is 8.42 Å². The summed E-state index contributed by atoms with van der Waals surface area (Å²) in [6, 6.07) is 0. The normalized spacial score (nSPS) is 19.6. The summed E-state index contributed by atoms with van der Waals surface area (Å²) in [5, 5.41) is 6.61. The number of rotatable bonds is 4. The third-order valence-electron chi connectivity index (χ3n) is 3.39. The molecule has 7 heteroatoms. The van der Waals surface area contributed by atoms with Gasteiger partial charge in [-0.25, -0.2) is 12.7 Å². The quantitative estimate of drug-likeness (QED) is 0.599. The zero-order valence-electron chi connectivity index (χ0n) is 13.9. The second-order valence-electron chi connectivity index (χ2n) is 6.70. The van der Waals surface area contributed by atoms with Crippen LogP contribution in [0.25, 0.3) is 0 Å². The molecule has 1 heterocycles. The van der Waals surface area contributed by atoms with Crippen LogP contribution >= 0.6 is 0 Å². The molecule has 0 spiro atoms. The van der Waals surface area contributed by atoms with E-state index in [0.717, 1.165) is 31.9 Å². The first-order chi connectivity index (χ1) is 9.62. The molecule has 2 N–H and O–H groups in total. The Labute approximate surface area is 129 Å². The van der Waals surface area contributed by atoms with Crippen LogP contribution in [-0.4, -0.2) is 56.7 Å². The number of nitrogens with one attached hydrogen (secondary N) is 2. The van der Waals surface area contributed by atoms with Gasteiger partial charge in [-0.2, -0.15) is 0 Å². The molecule has 1 saturated heterocycles.